The summed E-state index contributed by atoms with van der Waals surface area (Å²) in [5.41, 5.74) is -0.359. The minimum absolute atomic E-state index is 0.00631. The number of phenols is 1. The molecular formula is C15H10N2O4. The third-order valence-electron chi connectivity index (χ3n) is 2.90. The Morgan fingerprint density at radius 3 is 2.81 bits per heavy atom. The number of pyridine rings is 2. The van der Waals surface area contributed by atoms with Crippen molar-refractivity contribution in [3.8, 4) is 11.5 Å². The molecule has 3 rings (SSSR count). The second-order valence-electron chi connectivity index (χ2n) is 4.31. The number of carbonyl (C=O) groups is 1. The molecule has 6 heteroatoms. The maximum absolute atomic E-state index is 12.1. The summed E-state index contributed by atoms with van der Waals surface area (Å²) >= 11 is 0. The third-order valence-corrected chi connectivity index (χ3v) is 2.90. The van der Waals surface area contributed by atoms with Gasteiger partial charge in [-0.15, -0.1) is 0 Å². The fourth-order valence-electron chi connectivity index (χ4n) is 1.88. The number of para-hydroxylation sites is 2. The van der Waals surface area contributed by atoms with E-state index < -0.39 is 11.5 Å². The van der Waals surface area contributed by atoms with Crippen molar-refractivity contribution in [1.82, 2.24) is 9.97 Å². The fraction of sp³-hybridized carbons (Fsp3) is 0. The van der Waals surface area contributed by atoms with Gasteiger partial charge in [-0.2, -0.15) is 0 Å². The van der Waals surface area contributed by atoms with Crippen LogP contribution in [0.15, 0.2) is 53.5 Å². The highest BCUT2D eigenvalue weighted by atomic mass is 16.5. The molecule has 1 aromatic carbocycles. The monoisotopic (exact) mass is 282 g/mol. The van der Waals surface area contributed by atoms with Crippen LogP contribution < -0.4 is 10.3 Å². The van der Waals surface area contributed by atoms with Crippen LogP contribution >= 0.6 is 0 Å². The van der Waals surface area contributed by atoms with Gasteiger partial charge in [-0.1, -0.05) is 12.1 Å². The summed E-state index contributed by atoms with van der Waals surface area (Å²) in [4.78, 5) is 30.5. The van der Waals surface area contributed by atoms with Gasteiger partial charge in [0.05, 0.1) is 0 Å². The predicted molar refractivity (Wildman–Crippen MR) is 75.4 cm³/mol. The van der Waals surface area contributed by atoms with Crippen LogP contribution in [0.4, 0.5) is 0 Å². The molecule has 2 N–H and O–H groups in total. The molecule has 21 heavy (non-hydrogen) atoms. The lowest BCUT2D eigenvalue weighted by Crippen LogP contribution is -2.21. The summed E-state index contributed by atoms with van der Waals surface area (Å²) in [5, 5.41) is 10.2. The van der Waals surface area contributed by atoms with Crippen LogP contribution in [-0.4, -0.2) is 21.0 Å². The number of rotatable bonds is 2. The van der Waals surface area contributed by atoms with Crippen molar-refractivity contribution in [2.24, 2.45) is 0 Å². The number of esters is 1. The van der Waals surface area contributed by atoms with Gasteiger partial charge in [0.2, 0.25) is 0 Å². The molecule has 0 unspecified atom stereocenters. The van der Waals surface area contributed by atoms with Crippen LogP contribution in [0.2, 0.25) is 0 Å². The zero-order chi connectivity index (χ0) is 14.8. The first kappa shape index (κ1) is 12.9. The Kier molecular flexibility index (Phi) is 3.12. The molecule has 0 saturated heterocycles. The summed E-state index contributed by atoms with van der Waals surface area (Å²) in [5.74, 6) is -1.03. The molecular weight excluding hydrogens is 272 g/mol. The molecule has 104 valence electrons. The largest absolute Gasteiger partial charge is 0.504 e. The Labute approximate surface area is 118 Å². The zero-order valence-corrected chi connectivity index (χ0v) is 10.7. The second-order valence-corrected chi connectivity index (χ2v) is 4.31. The Balaban J connectivity index is 2.00. The standard InChI is InChI=1S/C15H10N2O4/c18-11-5-1-2-6-12(11)21-15(20)10-8-9-4-3-7-16-13(9)17-14(10)19/h1-8,18H,(H,16,17,19). The van der Waals surface area contributed by atoms with Crippen molar-refractivity contribution in [3.63, 3.8) is 0 Å². The molecule has 0 bridgehead atoms. The first-order valence-electron chi connectivity index (χ1n) is 6.13. The second kappa shape index (κ2) is 5.09. The molecule has 0 spiro atoms. The summed E-state index contributed by atoms with van der Waals surface area (Å²) in [7, 11) is 0. The smallest absolute Gasteiger partial charge is 0.349 e. The molecule has 0 saturated carbocycles. The lowest BCUT2D eigenvalue weighted by molar-refractivity contribution is 0.0728. The first-order chi connectivity index (χ1) is 10.1. The summed E-state index contributed by atoms with van der Waals surface area (Å²) < 4.78 is 5.03. The maximum atomic E-state index is 12.1. The van der Waals surface area contributed by atoms with Gasteiger partial charge in [0.1, 0.15) is 11.2 Å². The van der Waals surface area contributed by atoms with Crippen LogP contribution in [0.1, 0.15) is 10.4 Å². The normalized spacial score (nSPS) is 10.5. The highest BCUT2D eigenvalue weighted by Gasteiger charge is 2.16. The average molecular weight is 282 g/mol. The van der Waals surface area contributed by atoms with E-state index in [-0.39, 0.29) is 17.1 Å². The molecule has 6 nitrogen and oxygen atoms in total. The maximum Gasteiger partial charge on any atom is 0.349 e. The number of fused-ring (bicyclic) bond motifs is 1. The van der Waals surface area contributed by atoms with Crippen molar-refractivity contribution in [2.75, 3.05) is 0 Å². The number of aromatic amines is 1. The van der Waals surface area contributed by atoms with E-state index >= 15 is 0 Å². The Morgan fingerprint density at radius 1 is 1.19 bits per heavy atom. The molecule has 0 aliphatic heterocycles. The molecule has 0 aliphatic carbocycles. The lowest BCUT2D eigenvalue weighted by Gasteiger charge is -2.06. The molecule has 0 amide bonds. The predicted octanol–water partition coefficient (Wildman–Crippen LogP) is 1.85. The Morgan fingerprint density at radius 2 is 2.00 bits per heavy atom. The highest BCUT2D eigenvalue weighted by molar-refractivity contribution is 5.94. The molecule has 0 atom stereocenters. The minimum atomic E-state index is -0.844. The van der Waals surface area contributed by atoms with Gasteiger partial charge in [-0.25, -0.2) is 9.78 Å². The average Bonchev–Trinajstić information content (AvgIpc) is 2.49. The van der Waals surface area contributed by atoms with Crippen LogP contribution in [0, 0.1) is 0 Å². The van der Waals surface area contributed by atoms with Crippen molar-refractivity contribution in [2.45, 2.75) is 0 Å². The number of aromatic nitrogens is 2. The van der Waals surface area contributed by atoms with Gasteiger partial charge in [0.25, 0.3) is 5.56 Å². The number of H-pyrrole nitrogens is 1. The number of carbonyl (C=O) groups excluding carboxylic acids is 1. The van der Waals surface area contributed by atoms with Gasteiger partial charge in [0.15, 0.2) is 11.5 Å². The molecule has 0 fully saturated rings. The van der Waals surface area contributed by atoms with Gasteiger partial charge in [0, 0.05) is 11.6 Å². The van der Waals surface area contributed by atoms with Crippen LogP contribution in [0.3, 0.4) is 0 Å². The summed E-state index contributed by atoms with van der Waals surface area (Å²) in [6.45, 7) is 0. The van der Waals surface area contributed by atoms with E-state index in [1.54, 1.807) is 24.3 Å². The van der Waals surface area contributed by atoms with Gasteiger partial charge < -0.3 is 14.8 Å². The Hall–Kier alpha value is -3.15. The highest BCUT2D eigenvalue weighted by Crippen LogP contribution is 2.25. The van der Waals surface area contributed by atoms with Gasteiger partial charge >= 0.3 is 5.97 Å². The van der Waals surface area contributed by atoms with E-state index in [0.717, 1.165) is 0 Å². The van der Waals surface area contributed by atoms with E-state index in [4.69, 9.17) is 4.74 Å². The van der Waals surface area contributed by atoms with Crippen molar-refractivity contribution in [1.29, 1.82) is 0 Å². The van der Waals surface area contributed by atoms with Crippen molar-refractivity contribution < 1.29 is 14.6 Å². The number of nitrogens with one attached hydrogen (secondary N) is 1. The minimum Gasteiger partial charge on any atom is -0.504 e. The van der Waals surface area contributed by atoms with Gasteiger partial charge in [-0.05, 0) is 30.3 Å². The fourth-order valence-corrected chi connectivity index (χ4v) is 1.88. The molecule has 3 aromatic rings. The van der Waals surface area contributed by atoms with E-state index in [1.807, 2.05) is 0 Å². The van der Waals surface area contributed by atoms with Crippen molar-refractivity contribution >= 4 is 17.0 Å². The quantitative estimate of drug-likeness (QED) is 0.552. The van der Waals surface area contributed by atoms with Crippen molar-refractivity contribution in [3.05, 3.63) is 64.6 Å². The SMILES string of the molecule is O=C(Oc1ccccc1O)c1cc2cccnc2[nH]c1=O. The summed E-state index contributed by atoms with van der Waals surface area (Å²) in [6.07, 6.45) is 1.54. The first-order valence-corrected chi connectivity index (χ1v) is 6.13. The zero-order valence-electron chi connectivity index (χ0n) is 10.7. The van der Waals surface area contributed by atoms with Crippen LogP contribution in [0.5, 0.6) is 11.5 Å². The van der Waals surface area contributed by atoms with Gasteiger partial charge in [-0.3, -0.25) is 4.79 Å². The number of hydrogen-bond donors (Lipinski definition) is 2. The van der Waals surface area contributed by atoms with Crippen LogP contribution in [0.25, 0.3) is 11.0 Å². The molecule has 2 heterocycles. The number of nitrogens with zero attached hydrogens (tertiary/aromatic N) is 1. The van der Waals surface area contributed by atoms with Crippen LogP contribution in [-0.2, 0) is 0 Å². The molecule has 2 aromatic heterocycles. The number of aromatic hydroxyl groups is 1. The number of phenolic OH excluding ortho intramolecular Hbond substituents is 1. The van der Waals surface area contributed by atoms with E-state index in [0.29, 0.717) is 11.0 Å². The topological polar surface area (TPSA) is 92.3 Å². The number of hydrogen-bond acceptors (Lipinski definition) is 5. The third kappa shape index (κ3) is 2.46. The van der Waals surface area contributed by atoms with E-state index in [1.165, 1.54) is 24.4 Å². The molecule has 0 aliphatic rings. The van der Waals surface area contributed by atoms with E-state index in [9.17, 15) is 14.7 Å². The number of ether oxygens (including phenoxy) is 1. The lowest BCUT2D eigenvalue weighted by atomic mass is 10.2. The number of benzene rings is 1. The summed E-state index contributed by atoms with van der Waals surface area (Å²) in [6, 6.07) is 10.8. The Bertz CT molecular complexity index is 886. The molecule has 0 radical (unpaired) electrons. The van der Waals surface area contributed by atoms with E-state index in [2.05, 4.69) is 9.97 Å².